The highest BCUT2D eigenvalue weighted by molar-refractivity contribution is 5.92. The Labute approximate surface area is 158 Å². The second-order valence-corrected chi connectivity index (χ2v) is 6.72. The van der Waals surface area contributed by atoms with Crippen LogP contribution in [0.4, 0.5) is 0 Å². The first-order valence-electron chi connectivity index (χ1n) is 9.09. The van der Waals surface area contributed by atoms with Gasteiger partial charge in [-0.25, -0.2) is 15.0 Å². The molecule has 27 heavy (non-hydrogen) atoms. The smallest absolute Gasteiger partial charge is 0.270 e. The normalized spacial score (nSPS) is 19.8. The molecule has 3 N–H and O–H groups in total. The largest absolute Gasteiger partial charge is 0.355 e. The van der Waals surface area contributed by atoms with E-state index < -0.39 is 0 Å². The summed E-state index contributed by atoms with van der Waals surface area (Å²) in [7, 11) is 0. The van der Waals surface area contributed by atoms with Gasteiger partial charge >= 0.3 is 0 Å². The molecule has 3 heterocycles. The van der Waals surface area contributed by atoms with E-state index in [1.807, 2.05) is 18.7 Å². The molecule has 1 aliphatic heterocycles. The number of carbonyl (C=O) groups excluding carboxylic acids is 2. The Morgan fingerprint density at radius 2 is 2.15 bits per heavy atom. The zero-order chi connectivity index (χ0) is 19.4. The van der Waals surface area contributed by atoms with E-state index in [1.54, 1.807) is 25.4 Å². The number of likely N-dealkylation sites (N-methyl/N-ethyl adjacent to an activating group) is 1. The lowest BCUT2D eigenvalue weighted by atomic mass is 10.1. The first-order valence-corrected chi connectivity index (χ1v) is 9.09. The number of aromatic nitrogens is 4. The fourth-order valence-electron chi connectivity index (χ4n) is 3.42. The van der Waals surface area contributed by atoms with Crippen LogP contribution in [0.15, 0.2) is 18.5 Å². The van der Waals surface area contributed by atoms with Crippen molar-refractivity contribution in [3.05, 3.63) is 41.5 Å². The maximum absolute atomic E-state index is 12.6. The van der Waals surface area contributed by atoms with Crippen molar-refractivity contribution in [2.24, 2.45) is 0 Å². The fraction of sp³-hybridized carbons (Fsp3) is 0.500. The molecule has 0 unspecified atom stereocenters. The number of hydrogen-bond donors (Lipinski definition) is 3. The number of aryl methyl sites for hydroxylation is 2. The Balaban J connectivity index is 1.70. The molecule has 0 spiro atoms. The number of aromatic amines is 1. The number of rotatable bonds is 6. The van der Waals surface area contributed by atoms with Crippen LogP contribution in [0.3, 0.4) is 0 Å². The highest BCUT2D eigenvalue weighted by Crippen LogP contribution is 2.20. The standard InChI is InChI=1S/C18H25N7O2/c1-4-19-18(27)15-8-13(9-25(15)10-16-20-5-6-21-16)24-17(26)14-7-11(2)22-12(3)23-14/h5-7,13,15H,4,8-10H2,1-3H3,(H,19,27)(H,20,21)(H,24,26)/t13-,15+/m1/s1. The third-order valence-corrected chi connectivity index (χ3v) is 4.50. The second-order valence-electron chi connectivity index (χ2n) is 6.72. The number of carbonyl (C=O) groups is 2. The van der Waals surface area contributed by atoms with E-state index in [2.05, 4.69) is 30.6 Å². The van der Waals surface area contributed by atoms with Gasteiger partial charge in [-0.15, -0.1) is 0 Å². The zero-order valence-corrected chi connectivity index (χ0v) is 15.8. The molecule has 1 aliphatic rings. The number of H-pyrrole nitrogens is 1. The van der Waals surface area contributed by atoms with Gasteiger partial charge in [-0.1, -0.05) is 0 Å². The topological polar surface area (TPSA) is 116 Å². The molecule has 2 atom stereocenters. The molecule has 1 saturated heterocycles. The van der Waals surface area contributed by atoms with Crippen LogP contribution in [0.1, 0.15) is 41.2 Å². The van der Waals surface area contributed by atoms with Gasteiger partial charge in [0, 0.05) is 37.2 Å². The van der Waals surface area contributed by atoms with Crippen LogP contribution in [0, 0.1) is 13.8 Å². The maximum Gasteiger partial charge on any atom is 0.270 e. The summed E-state index contributed by atoms with van der Waals surface area (Å²) in [5, 5.41) is 5.88. The summed E-state index contributed by atoms with van der Waals surface area (Å²) >= 11 is 0. The van der Waals surface area contributed by atoms with E-state index in [9.17, 15) is 9.59 Å². The van der Waals surface area contributed by atoms with Crippen molar-refractivity contribution in [2.75, 3.05) is 13.1 Å². The summed E-state index contributed by atoms with van der Waals surface area (Å²) in [6.07, 6.45) is 3.98. The van der Waals surface area contributed by atoms with Gasteiger partial charge < -0.3 is 15.6 Å². The van der Waals surface area contributed by atoms with Crippen LogP contribution in [-0.2, 0) is 11.3 Å². The van der Waals surface area contributed by atoms with Crippen LogP contribution in [0.2, 0.25) is 0 Å². The molecule has 0 aromatic carbocycles. The van der Waals surface area contributed by atoms with Gasteiger partial charge in [0.25, 0.3) is 5.91 Å². The van der Waals surface area contributed by atoms with Crippen LogP contribution >= 0.6 is 0 Å². The number of likely N-dealkylation sites (tertiary alicyclic amines) is 1. The van der Waals surface area contributed by atoms with Crippen molar-refractivity contribution in [1.82, 2.24) is 35.5 Å². The van der Waals surface area contributed by atoms with Gasteiger partial charge in [0.15, 0.2) is 0 Å². The van der Waals surface area contributed by atoms with Crippen molar-refractivity contribution in [3.8, 4) is 0 Å². The first-order chi connectivity index (χ1) is 13.0. The molecule has 3 rings (SSSR count). The van der Waals surface area contributed by atoms with Crippen molar-refractivity contribution >= 4 is 11.8 Å². The maximum atomic E-state index is 12.6. The predicted octanol–water partition coefficient (Wildman–Crippen LogP) is 0.326. The van der Waals surface area contributed by atoms with Crippen LogP contribution in [0.5, 0.6) is 0 Å². The van der Waals surface area contributed by atoms with Crippen molar-refractivity contribution in [3.63, 3.8) is 0 Å². The second kappa shape index (κ2) is 8.26. The Morgan fingerprint density at radius 1 is 1.33 bits per heavy atom. The van der Waals surface area contributed by atoms with Gasteiger partial charge in [-0.2, -0.15) is 0 Å². The number of hydrogen-bond acceptors (Lipinski definition) is 6. The minimum Gasteiger partial charge on any atom is -0.355 e. The van der Waals surface area contributed by atoms with Gasteiger partial charge in [0.1, 0.15) is 17.3 Å². The summed E-state index contributed by atoms with van der Waals surface area (Å²) in [6.45, 7) is 7.14. The lowest BCUT2D eigenvalue weighted by molar-refractivity contribution is -0.125. The molecule has 2 aromatic rings. The molecule has 0 bridgehead atoms. The molecule has 9 heteroatoms. The Kier molecular flexibility index (Phi) is 5.80. The number of nitrogens with zero attached hydrogens (tertiary/aromatic N) is 4. The predicted molar refractivity (Wildman–Crippen MR) is 98.8 cm³/mol. The summed E-state index contributed by atoms with van der Waals surface area (Å²) in [5.41, 5.74) is 1.10. The monoisotopic (exact) mass is 371 g/mol. The first kappa shape index (κ1) is 19.0. The SMILES string of the molecule is CCNC(=O)[C@@H]1C[C@@H](NC(=O)c2cc(C)nc(C)n2)CN1Cc1ncc[nH]1. The molecule has 144 valence electrons. The van der Waals surface area contributed by atoms with Crippen molar-refractivity contribution in [2.45, 2.75) is 45.8 Å². The van der Waals surface area contributed by atoms with Gasteiger partial charge in [0.2, 0.25) is 5.91 Å². The van der Waals surface area contributed by atoms with E-state index in [0.29, 0.717) is 37.6 Å². The molecule has 0 radical (unpaired) electrons. The fourth-order valence-corrected chi connectivity index (χ4v) is 3.42. The van der Waals surface area contributed by atoms with Gasteiger partial charge in [-0.3, -0.25) is 14.5 Å². The third-order valence-electron chi connectivity index (χ3n) is 4.50. The summed E-state index contributed by atoms with van der Waals surface area (Å²) in [5.74, 6) is 1.07. The summed E-state index contributed by atoms with van der Waals surface area (Å²) in [6, 6.07) is 1.21. The van der Waals surface area contributed by atoms with E-state index in [-0.39, 0.29) is 23.9 Å². The van der Waals surface area contributed by atoms with E-state index >= 15 is 0 Å². The van der Waals surface area contributed by atoms with Crippen molar-refractivity contribution in [1.29, 1.82) is 0 Å². The Bertz CT molecular complexity index is 786. The zero-order valence-electron chi connectivity index (χ0n) is 15.8. The van der Waals surface area contributed by atoms with E-state index in [0.717, 1.165) is 11.5 Å². The van der Waals surface area contributed by atoms with Crippen LogP contribution in [0.25, 0.3) is 0 Å². The van der Waals surface area contributed by atoms with Crippen LogP contribution < -0.4 is 10.6 Å². The minimum absolute atomic E-state index is 0.0328. The third kappa shape index (κ3) is 4.68. The minimum atomic E-state index is -0.311. The number of amides is 2. The molecule has 9 nitrogen and oxygen atoms in total. The molecule has 2 aromatic heterocycles. The molecule has 0 aliphatic carbocycles. The lowest BCUT2D eigenvalue weighted by Crippen LogP contribution is -2.42. The summed E-state index contributed by atoms with van der Waals surface area (Å²) < 4.78 is 0. The summed E-state index contributed by atoms with van der Waals surface area (Å²) in [4.78, 5) is 42.8. The quantitative estimate of drug-likeness (QED) is 0.674. The van der Waals surface area contributed by atoms with Crippen LogP contribution in [-0.4, -0.2) is 61.8 Å². The average molecular weight is 371 g/mol. The van der Waals surface area contributed by atoms with Crippen molar-refractivity contribution < 1.29 is 9.59 Å². The number of nitrogens with one attached hydrogen (secondary N) is 3. The Morgan fingerprint density at radius 3 is 2.81 bits per heavy atom. The molecule has 1 fully saturated rings. The van der Waals surface area contributed by atoms with E-state index in [4.69, 9.17) is 0 Å². The van der Waals surface area contributed by atoms with E-state index in [1.165, 1.54) is 0 Å². The average Bonchev–Trinajstić information content (AvgIpc) is 3.24. The molecular weight excluding hydrogens is 346 g/mol. The highest BCUT2D eigenvalue weighted by Gasteiger charge is 2.37. The molecule has 0 saturated carbocycles. The Hall–Kier alpha value is -2.81. The highest BCUT2D eigenvalue weighted by atomic mass is 16.2. The molecule has 2 amide bonds. The number of imidazole rings is 1. The van der Waals surface area contributed by atoms with Gasteiger partial charge in [-0.05, 0) is 33.3 Å². The lowest BCUT2D eigenvalue weighted by Gasteiger charge is -2.22. The molecular formula is C18H25N7O2. The van der Waals surface area contributed by atoms with Gasteiger partial charge in [0.05, 0.1) is 12.6 Å².